The molecule has 2 aromatic heterocycles. The molecule has 1 N–H and O–H groups in total. The quantitative estimate of drug-likeness (QED) is 0.661. The molecule has 0 saturated carbocycles. The van der Waals surface area contributed by atoms with Crippen LogP contribution in [-0.4, -0.2) is 28.2 Å². The van der Waals surface area contributed by atoms with Gasteiger partial charge in [-0.1, -0.05) is 0 Å². The molecule has 0 saturated heterocycles. The van der Waals surface area contributed by atoms with Crippen molar-refractivity contribution in [3.8, 4) is 22.5 Å². The lowest BCUT2D eigenvalue weighted by Gasteiger charge is -2.02. The minimum atomic E-state index is -0.253. The van der Waals surface area contributed by atoms with Crippen molar-refractivity contribution in [3.63, 3.8) is 0 Å². The van der Waals surface area contributed by atoms with Crippen LogP contribution in [-0.2, 0) is 11.2 Å². The lowest BCUT2D eigenvalue weighted by molar-refractivity contribution is 0.145. The van der Waals surface area contributed by atoms with Gasteiger partial charge in [-0.15, -0.1) is 0 Å². The lowest BCUT2D eigenvalue weighted by atomic mass is 10.1. The summed E-state index contributed by atoms with van der Waals surface area (Å²) in [6.45, 7) is 3.43. The highest BCUT2D eigenvalue weighted by Gasteiger charge is 2.14. The third-order valence-corrected chi connectivity index (χ3v) is 3.75. The molecule has 4 nitrogen and oxygen atoms in total. The van der Waals surface area contributed by atoms with Crippen LogP contribution in [0, 0.1) is 5.82 Å². The van der Waals surface area contributed by atoms with Gasteiger partial charge in [0.15, 0.2) is 0 Å². The molecule has 1 aromatic carbocycles. The Kier molecular flexibility index (Phi) is 5.33. The summed E-state index contributed by atoms with van der Waals surface area (Å²) < 4.78 is 18.6. The molecule has 0 spiro atoms. The van der Waals surface area contributed by atoms with E-state index >= 15 is 0 Å². The molecule has 0 fully saturated rings. The maximum Gasteiger partial charge on any atom is 0.123 e. The van der Waals surface area contributed by atoms with Gasteiger partial charge in [0.25, 0.3) is 0 Å². The Balaban J connectivity index is 1.92. The summed E-state index contributed by atoms with van der Waals surface area (Å²) in [6, 6.07) is 10.3. The van der Waals surface area contributed by atoms with E-state index in [2.05, 4.69) is 9.97 Å². The normalized spacial score (nSPS) is 10.9. The van der Waals surface area contributed by atoms with E-state index in [1.807, 2.05) is 19.1 Å². The minimum absolute atomic E-state index is 0.253. The van der Waals surface area contributed by atoms with E-state index in [1.54, 1.807) is 24.5 Å². The van der Waals surface area contributed by atoms with Gasteiger partial charge in [0.1, 0.15) is 11.6 Å². The number of H-pyrrole nitrogens is 1. The molecule has 0 aliphatic rings. The summed E-state index contributed by atoms with van der Waals surface area (Å²) in [7, 11) is 0. The second-order valence-corrected chi connectivity index (χ2v) is 5.45. The Bertz CT molecular complexity index is 769. The molecular weight excluding hydrogens is 305 g/mol. The number of imidazole rings is 1. The van der Waals surface area contributed by atoms with Gasteiger partial charge in [-0.05, 0) is 49.7 Å². The summed E-state index contributed by atoms with van der Waals surface area (Å²) in [5, 5.41) is 0. The van der Waals surface area contributed by atoms with Crippen LogP contribution in [0.25, 0.3) is 22.5 Å². The zero-order valence-electron chi connectivity index (χ0n) is 13.6. The number of aromatic nitrogens is 3. The molecule has 2 heterocycles. The first-order chi connectivity index (χ1) is 11.8. The topological polar surface area (TPSA) is 50.8 Å². The highest BCUT2D eigenvalue weighted by Crippen LogP contribution is 2.30. The maximum atomic E-state index is 13.2. The molecule has 0 amide bonds. The van der Waals surface area contributed by atoms with Crippen molar-refractivity contribution in [2.75, 3.05) is 13.2 Å². The SMILES string of the molecule is CCOCCCc1nc(-c2ccc(F)cc2)c(-c2ccncc2)[nH]1. The fourth-order valence-corrected chi connectivity index (χ4v) is 2.57. The number of nitrogens with zero attached hydrogens (tertiary/aromatic N) is 2. The predicted octanol–water partition coefficient (Wildman–Crippen LogP) is 4.25. The van der Waals surface area contributed by atoms with Crippen LogP contribution < -0.4 is 0 Å². The van der Waals surface area contributed by atoms with Crippen molar-refractivity contribution in [2.45, 2.75) is 19.8 Å². The van der Waals surface area contributed by atoms with Crippen LogP contribution in [0.4, 0.5) is 4.39 Å². The maximum absolute atomic E-state index is 13.2. The fraction of sp³-hybridized carbons (Fsp3) is 0.263. The van der Waals surface area contributed by atoms with Gasteiger partial charge >= 0.3 is 0 Å². The highest BCUT2D eigenvalue weighted by atomic mass is 19.1. The number of halogens is 1. The van der Waals surface area contributed by atoms with Crippen molar-refractivity contribution in [1.82, 2.24) is 15.0 Å². The number of hydrogen-bond donors (Lipinski definition) is 1. The first-order valence-corrected chi connectivity index (χ1v) is 8.11. The predicted molar refractivity (Wildman–Crippen MR) is 92.0 cm³/mol. The molecule has 3 aromatic rings. The molecule has 124 valence electrons. The number of aryl methyl sites for hydroxylation is 1. The van der Waals surface area contributed by atoms with Crippen molar-refractivity contribution in [2.24, 2.45) is 0 Å². The van der Waals surface area contributed by atoms with E-state index in [1.165, 1.54) is 12.1 Å². The number of pyridine rings is 1. The largest absolute Gasteiger partial charge is 0.382 e. The van der Waals surface area contributed by atoms with Gasteiger partial charge in [-0.25, -0.2) is 9.37 Å². The average molecular weight is 325 g/mol. The van der Waals surface area contributed by atoms with Gasteiger partial charge in [0, 0.05) is 43.2 Å². The van der Waals surface area contributed by atoms with E-state index in [-0.39, 0.29) is 5.82 Å². The van der Waals surface area contributed by atoms with E-state index in [0.29, 0.717) is 6.61 Å². The summed E-state index contributed by atoms with van der Waals surface area (Å²) in [5.74, 6) is 0.650. The molecule has 0 unspecified atom stereocenters. The molecule has 0 atom stereocenters. The second kappa shape index (κ2) is 7.84. The summed E-state index contributed by atoms with van der Waals surface area (Å²) in [6.07, 6.45) is 5.21. The van der Waals surface area contributed by atoms with Crippen LogP contribution >= 0.6 is 0 Å². The smallest absolute Gasteiger partial charge is 0.123 e. The monoisotopic (exact) mass is 325 g/mol. The molecule has 0 radical (unpaired) electrons. The standard InChI is InChI=1S/C19H20FN3O/c1-2-24-13-3-4-17-22-18(14-5-7-16(20)8-6-14)19(23-17)15-9-11-21-12-10-15/h5-12H,2-4,13H2,1H3,(H,22,23). The summed E-state index contributed by atoms with van der Waals surface area (Å²) >= 11 is 0. The average Bonchev–Trinajstić information content (AvgIpc) is 3.04. The Morgan fingerprint density at radius 3 is 2.50 bits per heavy atom. The zero-order valence-corrected chi connectivity index (χ0v) is 13.6. The molecule has 0 aliphatic carbocycles. The number of benzene rings is 1. The van der Waals surface area contributed by atoms with E-state index in [0.717, 1.165) is 47.8 Å². The number of aromatic amines is 1. The number of ether oxygens (including phenoxy) is 1. The van der Waals surface area contributed by atoms with Crippen LogP contribution in [0.2, 0.25) is 0 Å². The molecule has 5 heteroatoms. The first-order valence-electron chi connectivity index (χ1n) is 8.11. The Hall–Kier alpha value is -2.53. The van der Waals surface area contributed by atoms with Crippen LogP contribution in [0.15, 0.2) is 48.8 Å². The second-order valence-electron chi connectivity index (χ2n) is 5.45. The van der Waals surface area contributed by atoms with Crippen molar-refractivity contribution in [1.29, 1.82) is 0 Å². The van der Waals surface area contributed by atoms with Gasteiger partial charge in [-0.2, -0.15) is 0 Å². The summed E-state index contributed by atoms with van der Waals surface area (Å²) in [5.41, 5.74) is 3.64. The van der Waals surface area contributed by atoms with Gasteiger partial charge in [-0.3, -0.25) is 4.98 Å². The number of nitrogens with one attached hydrogen (secondary N) is 1. The molecular formula is C19H20FN3O. The van der Waals surface area contributed by atoms with Gasteiger partial charge in [0.05, 0.1) is 11.4 Å². The molecule has 24 heavy (non-hydrogen) atoms. The van der Waals surface area contributed by atoms with Crippen LogP contribution in [0.1, 0.15) is 19.2 Å². The van der Waals surface area contributed by atoms with E-state index < -0.39 is 0 Å². The third kappa shape index (κ3) is 3.86. The molecule has 3 rings (SSSR count). The lowest BCUT2D eigenvalue weighted by Crippen LogP contribution is -1.97. The molecule has 0 aliphatic heterocycles. The summed E-state index contributed by atoms with van der Waals surface area (Å²) in [4.78, 5) is 12.2. The van der Waals surface area contributed by atoms with Crippen molar-refractivity contribution in [3.05, 3.63) is 60.4 Å². The van der Waals surface area contributed by atoms with Crippen molar-refractivity contribution >= 4 is 0 Å². The van der Waals surface area contributed by atoms with Crippen LogP contribution in [0.3, 0.4) is 0 Å². The zero-order chi connectivity index (χ0) is 16.8. The number of rotatable bonds is 7. The Labute approximate surface area is 140 Å². The fourth-order valence-electron chi connectivity index (χ4n) is 2.57. The van der Waals surface area contributed by atoms with Crippen LogP contribution in [0.5, 0.6) is 0 Å². The Morgan fingerprint density at radius 2 is 1.79 bits per heavy atom. The van der Waals surface area contributed by atoms with Gasteiger partial charge < -0.3 is 9.72 Å². The third-order valence-electron chi connectivity index (χ3n) is 3.75. The highest BCUT2D eigenvalue weighted by molar-refractivity contribution is 5.78. The van der Waals surface area contributed by atoms with E-state index in [4.69, 9.17) is 9.72 Å². The minimum Gasteiger partial charge on any atom is -0.382 e. The Morgan fingerprint density at radius 1 is 1.04 bits per heavy atom. The van der Waals surface area contributed by atoms with Gasteiger partial charge in [0.2, 0.25) is 0 Å². The van der Waals surface area contributed by atoms with Crippen molar-refractivity contribution < 1.29 is 9.13 Å². The van der Waals surface area contributed by atoms with E-state index in [9.17, 15) is 4.39 Å². The first kappa shape index (κ1) is 16.3. The number of hydrogen-bond acceptors (Lipinski definition) is 3. The molecule has 0 bridgehead atoms.